The average Bonchev–Trinajstić information content (AvgIpc) is 2.42. The number of hydrogen-bond acceptors (Lipinski definition) is 7. The molecule has 0 fully saturated rings. The van der Waals surface area contributed by atoms with Crippen LogP contribution in [-0.2, 0) is 0 Å². The molecule has 7 nitrogen and oxygen atoms in total. The highest BCUT2D eigenvalue weighted by atomic mass is 35.5. The molecule has 20 heavy (non-hydrogen) atoms. The maximum Gasteiger partial charge on any atom is 0.243 e. The van der Waals surface area contributed by atoms with Crippen molar-refractivity contribution in [2.24, 2.45) is 5.84 Å². The van der Waals surface area contributed by atoms with Crippen molar-refractivity contribution >= 4 is 46.7 Å². The molecule has 0 aliphatic carbocycles. The molecule has 9 heteroatoms. The summed E-state index contributed by atoms with van der Waals surface area (Å²) < 4.78 is 0. The monoisotopic (exact) mass is 313 g/mol. The van der Waals surface area contributed by atoms with Crippen LogP contribution in [0.5, 0.6) is 0 Å². The van der Waals surface area contributed by atoms with Gasteiger partial charge in [0.05, 0.1) is 15.7 Å². The van der Waals surface area contributed by atoms with Gasteiger partial charge in [-0.25, -0.2) is 5.84 Å². The van der Waals surface area contributed by atoms with Gasteiger partial charge < -0.3 is 10.2 Å². The second-order valence-corrected chi connectivity index (χ2v) is 4.86. The normalized spacial score (nSPS) is 10.2. The van der Waals surface area contributed by atoms with Crippen LogP contribution < -0.4 is 21.5 Å². The number of nitrogens with two attached hydrogens (primary N) is 1. The van der Waals surface area contributed by atoms with E-state index >= 15 is 0 Å². The Labute approximate surface area is 126 Å². The molecule has 0 bridgehead atoms. The van der Waals surface area contributed by atoms with Crippen LogP contribution in [-0.4, -0.2) is 29.0 Å². The summed E-state index contributed by atoms with van der Waals surface area (Å²) in [5, 5.41) is 3.89. The number of para-hydroxylation sites is 1. The third kappa shape index (κ3) is 3.19. The van der Waals surface area contributed by atoms with E-state index in [2.05, 4.69) is 25.7 Å². The van der Waals surface area contributed by atoms with Gasteiger partial charge in [0.15, 0.2) is 0 Å². The molecule has 0 spiro atoms. The Morgan fingerprint density at radius 2 is 1.65 bits per heavy atom. The van der Waals surface area contributed by atoms with Gasteiger partial charge in [0, 0.05) is 14.1 Å². The number of aromatic nitrogens is 3. The van der Waals surface area contributed by atoms with Crippen LogP contribution in [0.25, 0.3) is 0 Å². The van der Waals surface area contributed by atoms with Crippen molar-refractivity contribution in [2.45, 2.75) is 0 Å². The fourth-order valence-corrected chi connectivity index (χ4v) is 1.91. The molecule has 0 saturated carbocycles. The van der Waals surface area contributed by atoms with Crippen LogP contribution >= 0.6 is 23.2 Å². The maximum atomic E-state index is 6.09. The van der Waals surface area contributed by atoms with E-state index in [1.165, 1.54) is 0 Å². The quantitative estimate of drug-likeness (QED) is 0.589. The lowest BCUT2D eigenvalue weighted by atomic mass is 10.3. The van der Waals surface area contributed by atoms with Crippen molar-refractivity contribution in [3.05, 3.63) is 28.2 Å². The molecule has 2 rings (SSSR count). The lowest BCUT2D eigenvalue weighted by Gasteiger charge is -2.14. The number of rotatable bonds is 4. The Kier molecular flexibility index (Phi) is 4.43. The molecule has 2 aromatic rings. The van der Waals surface area contributed by atoms with E-state index in [9.17, 15) is 0 Å². The smallest absolute Gasteiger partial charge is 0.243 e. The highest BCUT2D eigenvalue weighted by molar-refractivity contribution is 6.39. The summed E-state index contributed by atoms with van der Waals surface area (Å²) in [5.41, 5.74) is 2.91. The minimum Gasteiger partial charge on any atom is -0.347 e. The van der Waals surface area contributed by atoms with Gasteiger partial charge >= 0.3 is 0 Å². The Morgan fingerprint density at radius 3 is 2.20 bits per heavy atom. The lowest BCUT2D eigenvalue weighted by Crippen LogP contribution is -2.18. The second-order valence-electron chi connectivity index (χ2n) is 4.04. The lowest BCUT2D eigenvalue weighted by molar-refractivity contribution is 0.957. The highest BCUT2D eigenvalue weighted by Crippen LogP contribution is 2.31. The molecule has 0 amide bonds. The predicted molar refractivity (Wildman–Crippen MR) is 81.7 cm³/mol. The Morgan fingerprint density at radius 1 is 1.05 bits per heavy atom. The molecule has 106 valence electrons. The van der Waals surface area contributed by atoms with E-state index in [4.69, 9.17) is 29.0 Å². The summed E-state index contributed by atoms with van der Waals surface area (Å²) in [7, 11) is 3.61. The molecule has 0 saturated heterocycles. The van der Waals surface area contributed by atoms with Crippen LogP contribution in [0.3, 0.4) is 0 Å². The summed E-state index contributed by atoms with van der Waals surface area (Å²) in [4.78, 5) is 14.2. The first kappa shape index (κ1) is 14.6. The number of benzene rings is 1. The summed E-state index contributed by atoms with van der Waals surface area (Å²) >= 11 is 12.2. The van der Waals surface area contributed by atoms with Crippen molar-refractivity contribution < 1.29 is 0 Å². The van der Waals surface area contributed by atoms with E-state index in [1.54, 1.807) is 23.1 Å². The molecule has 0 radical (unpaired) electrons. The third-order valence-electron chi connectivity index (χ3n) is 2.35. The maximum absolute atomic E-state index is 6.09. The fourth-order valence-electron chi connectivity index (χ4n) is 1.41. The Balaban J connectivity index is 2.40. The molecule has 0 unspecified atom stereocenters. The van der Waals surface area contributed by atoms with Crippen molar-refractivity contribution in [1.82, 2.24) is 15.0 Å². The molecule has 0 aliphatic heterocycles. The third-order valence-corrected chi connectivity index (χ3v) is 2.98. The van der Waals surface area contributed by atoms with Crippen LogP contribution in [0.4, 0.5) is 23.5 Å². The van der Waals surface area contributed by atoms with Crippen molar-refractivity contribution in [2.75, 3.05) is 29.7 Å². The zero-order valence-corrected chi connectivity index (χ0v) is 12.4. The zero-order valence-electron chi connectivity index (χ0n) is 10.9. The van der Waals surface area contributed by atoms with Gasteiger partial charge in [0.25, 0.3) is 0 Å². The molecule has 0 atom stereocenters. The van der Waals surface area contributed by atoms with Gasteiger partial charge in [-0.1, -0.05) is 29.3 Å². The van der Waals surface area contributed by atoms with Gasteiger partial charge in [-0.3, -0.25) is 5.43 Å². The summed E-state index contributed by atoms with van der Waals surface area (Å²) in [6.45, 7) is 0. The first-order valence-electron chi connectivity index (χ1n) is 5.62. The number of anilines is 4. The second kappa shape index (κ2) is 6.08. The summed E-state index contributed by atoms with van der Waals surface area (Å²) in [6, 6.07) is 5.18. The van der Waals surface area contributed by atoms with Crippen molar-refractivity contribution in [3.8, 4) is 0 Å². The topological polar surface area (TPSA) is 92.0 Å². The molecule has 1 aromatic carbocycles. The van der Waals surface area contributed by atoms with E-state index in [0.717, 1.165) is 0 Å². The van der Waals surface area contributed by atoms with Crippen molar-refractivity contribution in [1.29, 1.82) is 0 Å². The SMILES string of the molecule is CN(C)c1nc(NN)nc(Nc2c(Cl)cccc2Cl)n1. The summed E-state index contributed by atoms with van der Waals surface area (Å²) in [6.07, 6.45) is 0. The van der Waals surface area contributed by atoms with Crippen LogP contribution in [0.1, 0.15) is 0 Å². The molecule has 1 heterocycles. The molecular weight excluding hydrogens is 301 g/mol. The van der Waals surface area contributed by atoms with Gasteiger partial charge in [-0.2, -0.15) is 15.0 Å². The number of nitrogen functional groups attached to an aromatic ring is 1. The molecule has 1 aromatic heterocycles. The minimum atomic E-state index is 0.231. The van der Waals surface area contributed by atoms with E-state index in [-0.39, 0.29) is 11.9 Å². The zero-order chi connectivity index (χ0) is 14.7. The van der Waals surface area contributed by atoms with Gasteiger partial charge in [-0.15, -0.1) is 0 Å². The molecule has 4 N–H and O–H groups in total. The van der Waals surface area contributed by atoms with Crippen LogP contribution in [0.15, 0.2) is 18.2 Å². The number of nitrogens with one attached hydrogen (secondary N) is 2. The Bertz CT molecular complexity index is 597. The number of hydrogen-bond donors (Lipinski definition) is 3. The Hall–Kier alpha value is -1.83. The van der Waals surface area contributed by atoms with Gasteiger partial charge in [0.2, 0.25) is 17.8 Å². The number of hydrazine groups is 1. The molecular formula is C11H13Cl2N7. The predicted octanol–water partition coefficient (Wildman–Crippen LogP) is 2.27. The standard InChI is InChI=1S/C11H13Cl2N7/c1-20(2)11-17-9(16-10(18-11)19-14)15-8-6(12)4-3-5-7(8)13/h3-5H,14H2,1-2H3,(H2,15,16,17,18,19). The van der Waals surface area contributed by atoms with E-state index < -0.39 is 0 Å². The minimum absolute atomic E-state index is 0.231. The van der Waals surface area contributed by atoms with Crippen molar-refractivity contribution in [3.63, 3.8) is 0 Å². The van der Waals surface area contributed by atoms with E-state index in [0.29, 0.717) is 21.7 Å². The van der Waals surface area contributed by atoms with Crippen LogP contribution in [0.2, 0.25) is 10.0 Å². The fraction of sp³-hybridized carbons (Fsp3) is 0.182. The van der Waals surface area contributed by atoms with Crippen LogP contribution in [0, 0.1) is 0 Å². The largest absolute Gasteiger partial charge is 0.347 e. The van der Waals surface area contributed by atoms with Gasteiger partial charge in [-0.05, 0) is 12.1 Å². The first-order valence-corrected chi connectivity index (χ1v) is 6.38. The number of nitrogens with zero attached hydrogens (tertiary/aromatic N) is 4. The molecule has 0 aliphatic rings. The first-order chi connectivity index (χ1) is 9.51. The highest BCUT2D eigenvalue weighted by Gasteiger charge is 2.11. The summed E-state index contributed by atoms with van der Waals surface area (Å²) in [5.74, 6) is 6.30. The van der Waals surface area contributed by atoms with E-state index in [1.807, 2.05) is 14.1 Å². The van der Waals surface area contributed by atoms with Gasteiger partial charge in [0.1, 0.15) is 0 Å². The average molecular weight is 314 g/mol. The number of halogens is 2.